The van der Waals surface area contributed by atoms with E-state index in [4.69, 9.17) is 5.26 Å². The van der Waals surface area contributed by atoms with Crippen molar-refractivity contribution in [1.82, 2.24) is 10.2 Å². The fraction of sp³-hybridized carbons (Fsp3) is 0.286. The number of rotatable bonds is 6. The van der Waals surface area contributed by atoms with E-state index in [0.29, 0.717) is 17.3 Å². The van der Waals surface area contributed by atoms with Gasteiger partial charge >= 0.3 is 0 Å². The molecule has 0 radical (unpaired) electrons. The van der Waals surface area contributed by atoms with Crippen LogP contribution >= 0.6 is 23.1 Å². The van der Waals surface area contributed by atoms with Crippen molar-refractivity contribution in [1.29, 1.82) is 5.26 Å². The lowest BCUT2D eigenvalue weighted by Gasteiger charge is -2.04. The summed E-state index contributed by atoms with van der Waals surface area (Å²) in [7, 11) is 0. The number of thioether (sulfide) groups is 1. The number of amides is 1. The van der Waals surface area contributed by atoms with Gasteiger partial charge < -0.3 is 10.6 Å². The molecule has 1 heterocycles. The van der Waals surface area contributed by atoms with E-state index in [-0.39, 0.29) is 11.7 Å². The van der Waals surface area contributed by atoms with Crippen molar-refractivity contribution >= 4 is 39.8 Å². The summed E-state index contributed by atoms with van der Waals surface area (Å²) in [5.74, 6) is 0.0984. The van der Waals surface area contributed by atoms with Crippen LogP contribution in [0.3, 0.4) is 0 Å². The van der Waals surface area contributed by atoms with Gasteiger partial charge in [0, 0.05) is 11.7 Å². The third kappa shape index (κ3) is 5.02. The van der Waals surface area contributed by atoms with Crippen molar-refractivity contribution < 1.29 is 4.79 Å². The zero-order valence-corrected chi connectivity index (χ0v) is 13.8. The smallest absolute Gasteiger partial charge is 0.234 e. The Morgan fingerprint density at radius 3 is 3.00 bits per heavy atom. The van der Waals surface area contributed by atoms with E-state index in [1.165, 1.54) is 23.1 Å². The molecule has 0 aliphatic heterocycles. The van der Waals surface area contributed by atoms with E-state index in [0.717, 1.165) is 9.47 Å². The van der Waals surface area contributed by atoms with Crippen LogP contribution in [0.1, 0.15) is 19.4 Å². The third-order valence-corrected chi connectivity index (χ3v) is 4.41. The van der Waals surface area contributed by atoms with E-state index in [1.54, 1.807) is 24.3 Å². The normalized spacial score (nSPS) is 10.3. The quantitative estimate of drug-likeness (QED) is 0.790. The molecule has 1 aromatic heterocycles. The predicted octanol–water partition coefficient (Wildman–Crippen LogP) is 2.96. The Balaban J connectivity index is 1.85. The second-order valence-electron chi connectivity index (χ2n) is 4.70. The summed E-state index contributed by atoms with van der Waals surface area (Å²) >= 11 is 2.76. The molecule has 1 amide bonds. The van der Waals surface area contributed by atoms with Gasteiger partial charge in [-0.1, -0.05) is 29.2 Å². The molecule has 0 aliphatic rings. The number of nitrogens with one attached hydrogen (secondary N) is 2. The van der Waals surface area contributed by atoms with E-state index in [2.05, 4.69) is 20.8 Å². The fourth-order valence-corrected chi connectivity index (χ4v) is 3.26. The minimum absolute atomic E-state index is 0.145. The lowest BCUT2D eigenvalue weighted by Crippen LogP contribution is -2.13. The molecule has 114 valence electrons. The average Bonchev–Trinajstić information content (AvgIpc) is 2.92. The number of hydrogen-bond donors (Lipinski definition) is 2. The second-order valence-corrected chi connectivity index (χ2v) is 6.90. The molecule has 0 saturated carbocycles. The highest BCUT2D eigenvalue weighted by Gasteiger charge is 2.09. The van der Waals surface area contributed by atoms with Crippen molar-refractivity contribution in [3.8, 4) is 6.07 Å². The van der Waals surface area contributed by atoms with Crippen molar-refractivity contribution in [2.24, 2.45) is 0 Å². The lowest BCUT2D eigenvalue weighted by atomic mass is 10.2. The second kappa shape index (κ2) is 7.77. The van der Waals surface area contributed by atoms with Crippen LogP contribution in [-0.2, 0) is 4.79 Å². The van der Waals surface area contributed by atoms with Gasteiger partial charge in [0.25, 0.3) is 0 Å². The molecule has 0 atom stereocenters. The molecular formula is C14H15N5OS2. The zero-order valence-electron chi connectivity index (χ0n) is 12.2. The highest BCUT2D eigenvalue weighted by Crippen LogP contribution is 2.25. The summed E-state index contributed by atoms with van der Waals surface area (Å²) in [5.41, 5.74) is 1.13. The summed E-state index contributed by atoms with van der Waals surface area (Å²) in [6.45, 7) is 4.05. The van der Waals surface area contributed by atoms with Gasteiger partial charge in [0.05, 0.1) is 17.4 Å². The minimum Gasteiger partial charge on any atom is -0.358 e. The average molecular weight is 333 g/mol. The Kier molecular flexibility index (Phi) is 5.75. The van der Waals surface area contributed by atoms with Crippen LogP contribution in [0.15, 0.2) is 28.6 Å². The summed E-state index contributed by atoms with van der Waals surface area (Å²) in [6.07, 6.45) is 0. The van der Waals surface area contributed by atoms with Gasteiger partial charge in [-0.3, -0.25) is 4.79 Å². The van der Waals surface area contributed by atoms with E-state index in [1.807, 2.05) is 19.9 Å². The molecule has 2 N–H and O–H groups in total. The fourth-order valence-electron chi connectivity index (χ4n) is 1.56. The molecule has 6 nitrogen and oxygen atoms in total. The first kappa shape index (κ1) is 16.3. The summed E-state index contributed by atoms with van der Waals surface area (Å²) in [6, 6.07) is 9.14. The molecule has 0 saturated heterocycles. The molecule has 1 aromatic carbocycles. The maximum Gasteiger partial charge on any atom is 0.234 e. The van der Waals surface area contributed by atoms with Gasteiger partial charge in [0.2, 0.25) is 11.0 Å². The van der Waals surface area contributed by atoms with Gasteiger partial charge in [-0.15, -0.1) is 10.2 Å². The first-order chi connectivity index (χ1) is 10.6. The Labute approximate surface area is 137 Å². The highest BCUT2D eigenvalue weighted by molar-refractivity contribution is 8.01. The van der Waals surface area contributed by atoms with E-state index < -0.39 is 0 Å². The maximum atomic E-state index is 11.9. The van der Waals surface area contributed by atoms with Crippen molar-refractivity contribution in [2.45, 2.75) is 24.2 Å². The van der Waals surface area contributed by atoms with Crippen LogP contribution in [0, 0.1) is 11.3 Å². The summed E-state index contributed by atoms with van der Waals surface area (Å²) in [5, 5.41) is 23.5. The Bertz CT molecular complexity index is 693. The monoisotopic (exact) mass is 333 g/mol. The van der Waals surface area contributed by atoms with Crippen LogP contribution in [0.25, 0.3) is 0 Å². The number of nitrogens with zero attached hydrogens (tertiary/aromatic N) is 3. The topological polar surface area (TPSA) is 90.7 Å². The zero-order chi connectivity index (χ0) is 15.9. The number of benzene rings is 1. The number of carbonyl (C=O) groups is 1. The van der Waals surface area contributed by atoms with E-state index >= 15 is 0 Å². The van der Waals surface area contributed by atoms with Crippen LogP contribution in [0.5, 0.6) is 0 Å². The van der Waals surface area contributed by atoms with Gasteiger partial charge in [0.1, 0.15) is 0 Å². The van der Waals surface area contributed by atoms with Crippen LogP contribution in [0.2, 0.25) is 0 Å². The summed E-state index contributed by atoms with van der Waals surface area (Å²) in [4.78, 5) is 11.9. The number of anilines is 2. The molecule has 8 heteroatoms. The van der Waals surface area contributed by atoms with Crippen LogP contribution in [0.4, 0.5) is 10.8 Å². The molecule has 2 rings (SSSR count). The minimum atomic E-state index is -0.145. The third-order valence-electron chi connectivity index (χ3n) is 2.42. The largest absolute Gasteiger partial charge is 0.358 e. The molecule has 0 fully saturated rings. The lowest BCUT2D eigenvalue weighted by molar-refractivity contribution is -0.113. The highest BCUT2D eigenvalue weighted by atomic mass is 32.2. The Hall–Kier alpha value is -2.11. The Morgan fingerprint density at radius 2 is 2.27 bits per heavy atom. The van der Waals surface area contributed by atoms with Crippen LogP contribution in [-0.4, -0.2) is 27.9 Å². The molecular weight excluding hydrogens is 318 g/mol. The first-order valence-corrected chi connectivity index (χ1v) is 8.40. The molecule has 0 unspecified atom stereocenters. The molecule has 0 aliphatic carbocycles. The standard InChI is InChI=1S/C14H15N5OS2/c1-9(2)16-13-18-19-14(22-13)21-8-12(20)17-11-5-3-4-10(6-11)7-15/h3-6,9H,8H2,1-2H3,(H,16,18)(H,17,20). The number of hydrogen-bond acceptors (Lipinski definition) is 7. The van der Waals surface area contributed by atoms with Gasteiger partial charge in [-0.2, -0.15) is 5.26 Å². The molecule has 2 aromatic rings. The molecule has 0 spiro atoms. The SMILES string of the molecule is CC(C)Nc1nnc(SCC(=O)Nc2cccc(C#N)c2)s1. The van der Waals surface area contributed by atoms with Crippen molar-refractivity contribution in [3.63, 3.8) is 0 Å². The summed E-state index contributed by atoms with van der Waals surface area (Å²) < 4.78 is 0.740. The van der Waals surface area contributed by atoms with Crippen LogP contribution < -0.4 is 10.6 Å². The van der Waals surface area contributed by atoms with Gasteiger partial charge in [0.15, 0.2) is 4.34 Å². The Morgan fingerprint density at radius 1 is 1.45 bits per heavy atom. The maximum absolute atomic E-state index is 11.9. The number of nitriles is 1. The number of aromatic nitrogens is 2. The molecule has 22 heavy (non-hydrogen) atoms. The molecule has 0 bridgehead atoms. The predicted molar refractivity (Wildman–Crippen MR) is 89.2 cm³/mol. The van der Waals surface area contributed by atoms with Gasteiger partial charge in [-0.05, 0) is 32.0 Å². The van der Waals surface area contributed by atoms with E-state index in [9.17, 15) is 4.79 Å². The van der Waals surface area contributed by atoms with Crippen molar-refractivity contribution in [3.05, 3.63) is 29.8 Å². The first-order valence-electron chi connectivity index (χ1n) is 6.59. The van der Waals surface area contributed by atoms with Crippen molar-refractivity contribution in [2.75, 3.05) is 16.4 Å². The number of carbonyl (C=O) groups excluding carboxylic acids is 1. The van der Waals surface area contributed by atoms with Gasteiger partial charge in [-0.25, -0.2) is 0 Å².